The van der Waals surface area contributed by atoms with Crippen LogP contribution in [-0.2, 0) is 0 Å². The molecule has 2 aromatic carbocycles. The number of nitro groups is 1. The first-order valence-corrected chi connectivity index (χ1v) is 7.10. The number of benzene rings is 2. The summed E-state index contributed by atoms with van der Waals surface area (Å²) < 4.78 is 0. The lowest BCUT2D eigenvalue weighted by Crippen LogP contribution is -1.96. The van der Waals surface area contributed by atoms with Gasteiger partial charge in [0.05, 0.1) is 11.1 Å². The van der Waals surface area contributed by atoms with Gasteiger partial charge in [-0.15, -0.1) is 11.8 Å². The SMILES string of the molecule is CSc1ccc(/C=N\Nc2ccccc2[N+](=O)[O-])cc1. The predicted octanol–water partition coefficient (Wildman–Crippen LogP) is 3.76. The Bertz CT molecular complexity index is 627. The number of nitrogens with one attached hydrogen (secondary N) is 1. The number of thioether (sulfide) groups is 1. The van der Waals surface area contributed by atoms with Crippen LogP contribution in [0, 0.1) is 10.1 Å². The van der Waals surface area contributed by atoms with E-state index >= 15 is 0 Å². The van der Waals surface area contributed by atoms with Crippen molar-refractivity contribution < 1.29 is 4.92 Å². The molecule has 5 nitrogen and oxygen atoms in total. The minimum atomic E-state index is -0.439. The van der Waals surface area contributed by atoms with Crippen molar-refractivity contribution in [1.82, 2.24) is 0 Å². The number of nitrogens with zero attached hydrogens (tertiary/aromatic N) is 2. The first kappa shape index (κ1) is 14.1. The van der Waals surface area contributed by atoms with E-state index in [4.69, 9.17) is 0 Å². The molecule has 0 amide bonds. The number of nitro benzene ring substituents is 1. The number of anilines is 1. The molecule has 0 aliphatic rings. The van der Waals surface area contributed by atoms with Gasteiger partial charge in [-0.05, 0) is 30.0 Å². The maximum Gasteiger partial charge on any atom is 0.294 e. The Balaban J connectivity index is 2.08. The van der Waals surface area contributed by atoms with Crippen molar-refractivity contribution in [2.24, 2.45) is 5.10 Å². The molecule has 2 aromatic rings. The fourth-order valence-corrected chi connectivity index (χ4v) is 2.00. The Labute approximate surface area is 120 Å². The predicted molar refractivity (Wildman–Crippen MR) is 82.5 cm³/mol. The van der Waals surface area contributed by atoms with Crippen LogP contribution in [0.5, 0.6) is 0 Å². The van der Waals surface area contributed by atoms with Gasteiger partial charge < -0.3 is 0 Å². The molecule has 2 rings (SSSR count). The van der Waals surface area contributed by atoms with E-state index < -0.39 is 4.92 Å². The zero-order chi connectivity index (χ0) is 14.4. The van der Waals surface area contributed by atoms with Crippen molar-refractivity contribution in [2.45, 2.75) is 4.90 Å². The summed E-state index contributed by atoms with van der Waals surface area (Å²) in [6.45, 7) is 0. The topological polar surface area (TPSA) is 67.5 Å². The molecule has 0 saturated carbocycles. The van der Waals surface area contributed by atoms with Crippen molar-refractivity contribution in [3.05, 3.63) is 64.2 Å². The number of hydrogen-bond donors (Lipinski definition) is 1. The second-order valence-electron chi connectivity index (χ2n) is 3.92. The summed E-state index contributed by atoms with van der Waals surface area (Å²) in [5.74, 6) is 0. The molecule has 0 atom stereocenters. The first-order chi connectivity index (χ1) is 9.70. The first-order valence-electron chi connectivity index (χ1n) is 5.87. The monoisotopic (exact) mass is 287 g/mol. The van der Waals surface area contributed by atoms with E-state index in [0.717, 1.165) is 5.56 Å². The minimum absolute atomic E-state index is 0.00220. The smallest absolute Gasteiger partial charge is 0.272 e. The van der Waals surface area contributed by atoms with Crippen LogP contribution < -0.4 is 5.43 Å². The lowest BCUT2D eigenvalue weighted by molar-refractivity contribution is -0.384. The molecular formula is C14H13N3O2S. The van der Waals surface area contributed by atoms with Crippen LogP contribution in [0.25, 0.3) is 0 Å². The van der Waals surface area contributed by atoms with Crippen LogP contribution in [0.15, 0.2) is 58.5 Å². The van der Waals surface area contributed by atoms with Crippen molar-refractivity contribution >= 4 is 29.4 Å². The van der Waals surface area contributed by atoms with Gasteiger partial charge in [0.2, 0.25) is 0 Å². The van der Waals surface area contributed by atoms with E-state index in [1.54, 1.807) is 36.2 Å². The van der Waals surface area contributed by atoms with Crippen molar-refractivity contribution in [2.75, 3.05) is 11.7 Å². The van der Waals surface area contributed by atoms with Crippen LogP contribution in [0.4, 0.5) is 11.4 Å². The molecule has 0 heterocycles. The third-order valence-electron chi connectivity index (χ3n) is 2.62. The molecule has 0 radical (unpaired) electrons. The standard InChI is InChI=1S/C14H13N3O2S/c1-20-12-8-6-11(7-9-12)10-15-16-13-4-2-3-5-14(13)17(18)19/h2-10,16H,1H3/b15-10-. The van der Waals surface area contributed by atoms with Gasteiger partial charge in [0.15, 0.2) is 0 Å². The van der Waals surface area contributed by atoms with Crippen LogP contribution in [-0.4, -0.2) is 17.4 Å². The number of hydrogen-bond acceptors (Lipinski definition) is 5. The van der Waals surface area contributed by atoms with E-state index in [1.807, 2.05) is 30.5 Å². The summed E-state index contributed by atoms with van der Waals surface area (Å²) in [5, 5.41) is 14.9. The Morgan fingerprint density at radius 3 is 2.55 bits per heavy atom. The van der Waals surface area contributed by atoms with E-state index in [9.17, 15) is 10.1 Å². The van der Waals surface area contributed by atoms with Gasteiger partial charge in [-0.3, -0.25) is 15.5 Å². The molecule has 1 N–H and O–H groups in total. The van der Waals surface area contributed by atoms with Gasteiger partial charge in [0.1, 0.15) is 5.69 Å². The molecule has 0 bridgehead atoms. The second kappa shape index (κ2) is 6.72. The molecule has 0 aliphatic carbocycles. The van der Waals surface area contributed by atoms with Gasteiger partial charge in [-0.2, -0.15) is 5.10 Å². The van der Waals surface area contributed by atoms with E-state index in [1.165, 1.54) is 11.0 Å². The number of hydrazone groups is 1. The summed E-state index contributed by atoms with van der Waals surface area (Å²) in [6.07, 6.45) is 3.64. The molecule has 0 saturated heterocycles. The molecule has 0 aromatic heterocycles. The largest absolute Gasteiger partial charge is 0.294 e. The molecule has 102 valence electrons. The molecule has 6 heteroatoms. The zero-order valence-electron chi connectivity index (χ0n) is 10.8. The van der Waals surface area contributed by atoms with Crippen molar-refractivity contribution in [1.29, 1.82) is 0 Å². The summed E-state index contributed by atoms with van der Waals surface area (Å²) in [6, 6.07) is 14.3. The molecule has 0 spiro atoms. The molecule has 0 aliphatic heterocycles. The fraction of sp³-hybridized carbons (Fsp3) is 0.0714. The van der Waals surface area contributed by atoms with Gasteiger partial charge in [0.25, 0.3) is 5.69 Å². The van der Waals surface area contributed by atoms with Gasteiger partial charge in [0, 0.05) is 11.0 Å². The summed E-state index contributed by atoms with van der Waals surface area (Å²) >= 11 is 1.67. The average molecular weight is 287 g/mol. The van der Waals surface area contributed by atoms with Crippen molar-refractivity contribution in [3.8, 4) is 0 Å². The van der Waals surface area contributed by atoms with E-state index in [0.29, 0.717) is 5.69 Å². The normalized spacial score (nSPS) is 10.7. The quantitative estimate of drug-likeness (QED) is 0.393. The number of para-hydroxylation sites is 2. The summed E-state index contributed by atoms with van der Waals surface area (Å²) in [5.41, 5.74) is 3.99. The molecular weight excluding hydrogens is 274 g/mol. The van der Waals surface area contributed by atoms with Gasteiger partial charge in [-0.25, -0.2) is 0 Å². The highest BCUT2D eigenvalue weighted by atomic mass is 32.2. The third-order valence-corrected chi connectivity index (χ3v) is 3.36. The number of rotatable bonds is 5. The van der Waals surface area contributed by atoms with Crippen LogP contribution in [0.3, 0.4) is 0 Å². The fourth-order valence-electron chi connectivity index (χ4n) is 1.59. The highest BCUT2D eigenvalue weighted by Crippen LogP contribution is 2.22. The van der Waals surface area contributed by atoms with E-state index in [-0.39, 0.29) is 5.69 Å². The Hall–Kier alpha value is -2.34. The highest BCUT2D eigenvalue weighted by Gasteiger charge is 2.10. The lowest BCUT2D eigenvalue weighted by atomic mass is 10.2. The Kier molecular flexibility index (Phi) is 4.73. The maximum absolute atomic E-state index is 10.8. The van der Waals surface area contributed by atoms with Crippen LogP contribution in [0.2, 0.25) is 0 Å². The van der Waals surface area contributed by atoms with Gasteiger partial charge in [-0.1, -0.05) is 24.3 Å². The van der Waals surface area contributed by atoms with Gasteiger partial charge >= 0.3 is 0 Å². The second-order valence-corrected chi connectivity index (χ2v) is 4.80. The zero-order valence-corrected chi connectivity index (χ0v) is 11.6. The third kappa shape index (κ3) is 3.58. The van der Waals surface area contributed by atoms with E-state index in [2.05, 4.69) is 10.5 Å². The van der Waals surface area contributed by atoms with Crippen LogP contribution in [0.1, 0.15) is 5.56 Å². The van der Waals surface area contributed by atoms with Crippen LogP contribution >= 0.6 is 11.8 Å². The molecule has 0 unspecified atom stereocenters. The molecule has 20 heavy (non-hydrogen) atoms. The summed E-state index contributed by atoms with van der Waals surface area (Å²) in [4.78, 5) is 11.6. The lowest BCUT2D eigenvalue weighted by Gasteiger charge is -2.01. The Morgan fingerprint density at radius 1 is 1.20 bits per heavy atom. The maximum atomic E-state index is 10.8. The molecule has 0 fully saturated rings. The van der Waals surface area contributed by atoms with Crippen molar-refractivity contribution in [3.63, 3.8) is 0 Å². The summed E-state index contributed by atoms with van der Waals surface area (Å²) in [7, 11) is 0. The minimum Gasteiger partial charge on any atom is -0.272 e. The Morgan fingerprint density at radius 2 is 1.90 bits per heavy atom. The average Bonchev–Trinajstić information content (AvgIpc) is 2.48. The highest BCUT2D eigenvalue weighted by molar-refractivity contribution is 7.98.